The van der Waals surface area contributed by atoms with E-state index in [1.54, 1.807) is 0 Å². The fourth-order valence-corrected chi connectivity index (χ4v) is 2.27. The van der Waals surface area contributed by atoms with Crippen LogP contribution in [0.15, 0.2) is 4.47 Å². The van der Waals surface area contributed by atoms with E-state index in [1.807, 2.05) is 20.8 Å². The van der Waals surface area contributed by atoms with Gasteiger partial charge in [0, 0.05) is 6.42 Å². The highest BCUT2D eigenvalue weighted by Crippen LogP contribution is 2.36. The molecule has 1 rings (SSSR count). The number of carbonyl (C=O) groups is 1. The minimum atomic E-state index is 0.305. The largest absolute Gasteiger partial charge is 0.506 e. The molecule has 0 spiro atoms. The second-order valence-electron chi connectivity index (χ2n) is 3.72. The van der Waals surface area contributed by atoms with Crippen molar-refractivity contribution in [2.24, 2.45) is 0 Å². The third-order valence-corrected chi connectivity index (χ3v) is 3.84. The van der Waals surface area contributed by atoms with Gasteiger partial charge in [-0.1, -0.05) is 0 Å². The molecule has 82 valence electrons. The number of carbonyl (C=O) groups excluding carboxylic acids is 1. The fourth-order valence-electron chi connectivity index (χ4n) is 1.74. The van der Waals surface area contributed by atoms with Crippen molar-refractivity contribution in [2.45, 2.75) is 33.6 Å². The highest BCUT2D eigenvalue weighted by Gasteiger charge is 2.14. The second-order valence-corrected chi connectivity index (χ2v) is 4.51. The molecule has 2 nitrogen and oxygen atoms in total. The van der Waals surface area contributed by atoms with E-state index >= 15 is 0 Å². The van der Waals surface area contributed by atoms with Crippen LogP contribution >= 0.6 is 15.9 Å². The zero-order chi connectivity index (χ0) is 11.6. The molecule has 0 unspecified atom stereocenters. The first-order valence-electron chi connectivity index (χ1n) is 4.91. The molecule has 0 aliphatic carbocycles. The standard InChI is InChI=1S/C12H15BrO2/c1-7-8(2)12(15)11(13)9(3)10(7)5-4-6-14/h6,15H,4-5H2,1-3H3. The molecule has 0 bridgehead atoms. The van der Waals surface area contributed by atoms with Crippen LogP contribution < -0.4 is 0 Å². The van der Waals surface area contributed by atoms with Gasteiger partial charge in [-0.05, 0) is 65.4 Å². The SMILES string of the molecule is Cc1c(C)c(CCC=O)c(C)c(Br)c1O. The number of hydrogen-bond acceptors (Lipinski definition) is 2. The molecule has 0 aliphatic rings. The summed E-state index contributed by atoms with van der Waals surface area (Å²) in [5, 5.41) is 9.80. The van der Waals surface area contributed by atoms with Gasteiger partial charge in [0.1, 0.15) is 12.0 Å². The first kappa shape index (κ1) is 12.2. The maximum absolute atomic E-state index is 10.4. The van der Waals surface area contributed by atoms with Crippen molar-refractivity contribution in [1.82, 2.24) is 0 Å². The molecule has 0 saturated carbocycles. The van der Waals surface area contributed by atoms with Crippen molar-refractivity contribution in [3.63, 3.8) is 0 Å². The van der Waals surface area contributed by atoms with Gasteiger partial charge in [0.05, 0.1) is 4.47 Å². The summed E-state index contributed by atoms with van der Waals surface area (Å²) in [6.45, 7) is 5.82. The molecule has 15 heavy (non-hydrogen) atoms. The van der Waals surface area contributed by atoms with E-state index in [0.717, 1.165) is 39.4 Å². The lowest BCUT2D eigenvalue weighted by atomic mass is 9.94. The quantitative estimate of drug-likeness (QED) is 0.857. The fraction of sp³-hybridized carbons (Fsp3) is 0.417. The maximum Gasteiger partial charge on any atom is 0.133 e. The summed E-state index contributed by atoms with van der Waals surface area (Å²) in [7, 11) is 0. The second kappa shape index (κ2) is 4.79. The summed E-state index contributed by atoms with van der Waals surface area (Å²) in [6.07, 6.45) is 2.19. The highest BCUT2D eigenvalue weighted by atomic mass is 79.9. The summed E-state index contributed by atoms with van der Waals surface area (Å²) in [5.41, 5.74) is 4.14. The van der Waals surface area contributed by atoms with Crippen molar-refractivity contribution in [2.75, 3.05) is 0 Å². The van der Waals surface area contributed by atoms with Crippen molar-refractivity contribution in [1.29, 1.82) is 0 Å². The van der Waals surface area contributed by atoms with Crippen LogP contribution in [0.3, 0.4) is 0 Å². The summed E-state index contributed by atoms with van der Waals surface area (Å²) in [6, 6.07) is 0. The Balaban J connectivity index is 3.31. The Kier molecular flexibility index (Phi) is 3.91. The Morgan fingerprint density at radius 2 is 1.80 bits per heavy atom. The van der Waals surface area contributed by atoms with Crippen molar-refractivity contribution < 1.29 is 9.90 Å². The molecule has 0 aromatic heterocycles. The number of phenolic OH excluding ortho intramolecular Hbond substituents is 1. The van der Waals surface area contributed by atoms with Crippen molar-refractivity contribution in [3.8, 4) is 5.75 Å². The van der Waals surface area contributed by atoms with Crippen LogP contribution in [0.4, 0.5) is 0 Å². The third kappa shape index (κ3) is 2.23. The van der Waals surface area contributed by atoms with E-state index in [1.165, 1.54) is 0 Å². The van der Waals surface area contributed by atoms with Crippen molar-refractivity contribution >= 4 is 22.2 Å². The monoisotopic (exact) mass is 270 g/mol. The Bertz CT molecular complexity index is 368. The van der Waals surface area contributed by atoms with E-state index in [4.69, 9.17) is 0 Å². The summed E-state index contributed by atoms with van der Waals surface area (Å²) in [4.78, 5) is 10.4. The van der Waals surface area contributed by atoms with Crippen LogP contribution in [0.25, 0.3) is 0 Å². The summed E-state index contributed by atoms with van der Waals surface area (Å²) >= 11 is 3.37. The molecule has 0 heterocycles. The molecule has 1 aromatic carbocycles. The topological polar surface area (TPSA) is 37.3 Å². The van der Waals surface area contributed by atoms with Crippen molar-refractivity contribution in [3.05, 3.63) is 26.7 Å². The normalized spacial score (nSPS) is 10.4. The van der Waals surface area contributed by atoms with E-state index in [9.17, 15) is 9.90 Å². The predicted octanol–water partition coefficient (Wildman–Crippen LogP) is 3.21. The highest BCUT2D eigenvalue weighted by molar-refractivity contribution is 9.10. The van der Waals surface area contributed by atoms with Gasteiger partial charge in [0.25, 0.3) is 0 Å². The van der Waals surface area contributed by atoms with Crippen LogP contribution in [0.5, 0.6) is 5.75 Å². The first-order valence-corrected chi connectivity index (χ1v) is 5.70. The van der Waals surface area contributed by atoms with Gasteiger partial charge in [-0.25, -0.2) is 0 Å². The Morgan fingerprint density at radius 1 is 1.20 bits per heavy atom. The Morgan fingerprint density at radius 3 is 2.33 bits per heavy atom. The molecule has 0 amide bonds. The lowest BCUT2D eigenvalue weighted by Gasteiger charge is -2.15. The van der Waals surface area contributed by atoms with Crippen LogP contribution in [-0.2, 0) is 11.2 Å². The zero-order valence-corrected chi connectivity index (χ0v) is 10.8. The summed E-state index contributed by atoms with van der Waals surface area (Å²) < 4.78 is 0.742. The van der Waals surface area contributed by atoms with Crippen LogP contribution in [0, 0.1) is 20.8 Å². The number of phenols is 1. The molecule has 0 fully saturated rings. The molecule has 0 atom stereocenters. The Labute approximate surface area is 98.4 Å². The molecule has 3 heteroatoms. The number of halogens is 1. The van der Waals surface area contributed by atoms with E-state index < -0.39 is 0 Å². The zero-order valence-electron chi connectivity index (χ0n) is 9.22. The molecule has 0 aliphatic heterocycles. The van der Waals surface area contributed by atoms with Crippen LogP contribution in [0.2, 0.25) is 0 Å². The minimum Gasteiger partial charge on any atom is -0.506 e. The molecular formula is C12H15BrO2. The van der Waals surface area contributed by atoms with E-state index in [0.29, 0.717) is 12.2 Å². The lowest BCUT2D eigenvalue weighted by Crippen LogP contribution is -1.99. The van der Waals surface area contributed by atoms with E-state index in [-0.39, 0.29) is 0 Å². The third-order valence-electron chi connectivity index (χ3n) is 2.87. The average Bonchev–Trinajstić information content (AvgIpc) is 2.24. The molecular weight excluding hydrogens is 256 g/mol. The first-order chi connectivity index (χ1) is 7.00. The summed E-state index contributed by atoms with van der Waals surface area (Å²) in [5.74, 6) is 0.305. The number of aldehydes is 1. The van der Waals surface area contributed by atoms with Gasteiger partial charge < -0.3 is 9.90 Å². The lowest BCUT2D eigenvalue weighted by molar-refractivity contribution is -0.107. The van der Waals surface area contributed by atoms with Gasteiger partial charge in [-0.15, -0.1) is 0 Å². The van der Waals surface area contributed by atoms with E-state index in [2.05, 4.69) is 15.9 Å². The number of rotatable bonds is 3. The number of aromatic hydroxyl groups is 1. The van der Waals surface area contributed by atoms with Gasteiger partial charge >= 0.3 is 0 Å². The maximum atomic E-state index is 10.4. The van der Waals surface area contributed by atoms with Crippen LogP contribution in [-0.4, -0.2) is 11.4 Å². The van der Waals surface area contributed by atoms with Gasteiger partial charge in [0.2, 0.25) is 0 Å². The van der Waals surface area contributed by atoms with Crippen LogP contribution in [0.1, 0.15) is 28.7 Å². The molecule has 1 N–H and O–H groups in total. The minimum absolute atomic E-state index is 0.305. The molecule has 1 aromatic rings. The Hall–Kier alpha value is -0.830. The number of hydrogen-bond donors (Lipinski definition) is 1. The van der Waals surface area contributed by atoms with Gasteiger partial charge in [0.15, 0.2) is 0 Å². The number of benzene rings is 1. The predicted molar refractivity (Wildman–Crippen MR) is 64.4 cm³/mol. The van der Waals surface area contributed by atoms with Gasteiger partial charge in [-0.2, -0.15) is 0 Å². The van der Waals surface area contributed by atoms with Gasteiger partial charge in [-0.3, -0.25) is 0 Å². The molecule has 0 radical (unpaired) electrons. The molecule has 0 saturated heterocycles. The average molecular weight is 271 g/mol. The smallest absolute Gasteiger partial charge is 0.133 e.